The quantitative estimate of drug-likeness (QED) is 0.550. The summed E-state index contributed by atoms with van der Waals surface area (Å²) in [6.45, 7) is -2.66. The van der Waals surface area contributed by atoms with Gasteiger partial charge in [0.05, 0.1) is 12.7 Å². The van der Waals surface area contributed by atoms with Crippen molar-refractivity contribution in [3.8, 4) is 5.75 Å². The molecule has 3 amide bonds. The van der Waals surface area contributed by atoms with Crippen molar-refractivity contribution < 1.29 is 45.4 Å². The smallest absolute Gasteiger partial charge is 0.405 e. The van der Waals surface area contributed by atoms with Gasteiger partial charge in [0.15, 0.2) is 6.61 Å². The fraction of sp³-hybridized carbons (Fsp3) is 0.308. The highest BCUT2D eigenvalue weighted by atomic mass is 32.2. The van der Waals surface area contributed by atoms with Gasteiger partial charge < -0.3 is 14.8 Å². The Morgan fingerprint density at radius 1 is 1.22 bits per heavy atom. The van der Waals surface area contributed by atoms with Gasteiger partial charge in [0.1, 0.15) is 17.2 Å². The number of imide groups is 1. The molecule has 150 valence electrons. The van der Waals surface area contributed by atoms with Crippen LogP contribution in [0, 0.1) is 0 Å². The second kappa shape index (κ2) is 8.68. The molecule has 27 heavy (non-hydrogen) atoms. The topological polar surface area (TPSA) is 154 Å². The maximum Gasteiger partial charge on any atom is 0.405 e. The third-order valence-electron chi connectivity index (χ3n) is 2.74. The number of carbonyl (C=O) groups is 3. The highest BCUT2D eigenvalue weighted by Crippen LogP contribution is 2.24. The number of carbonyl (C=O) groups excluding carboxylic acids is 3. The number of ether oxygens (including phenoxy) is 2. The lowest BCUT2D eigenvalue weighted by molar-refractivity contribution is -0.125. The zero-order chi connectivity index (χ0) is 20.8. The largest absolute Gasteiger partial charge is 0.495 e. The minimum Gasteiger partial charge on any atom is -0.495 e. The van der Waals surface area contributed by atoms with Crippen LogP contribution in [0.3, 0.4) is 0 Å². The van der Waals surface area contributed by atoms with Gasteiger partial charge in [-0.15, -0.1) is 0 Å². The Bertz CT molecular complexity index is 840. The van der Waals surface area contributed by atoms with Crippen molar-refractivity contribution in [3.63, 3.8) is 0 Å². The van der Waals surface area contributed by atoms with E-state index in [-0.39, 0.29) is 11.3 Å². The molecule has 0 aromatic heterocycles. The first-order valence-corrected chi connectivity index (χ1v) is 8.40. The monoisotopic (exact) mass is 413 g/mol. The van der Waals surface area contributed by atoms with Gasteiger partial charge in [-0.1, -0.05) is 0 Å². The minimum absolute atomic E-state index is 0.131. The van der Waals surface area contributed by atoms with E-state index in [1.54, 1.807) is 0 Å². The molecule has 10 nitrogen and oxygen atoms in total. The summed E-state index contributed by atoms with van der Waals surface area (Å²) in [5, 5.41) is 7.88. The van der Waals surface area contributed by atoms with Gasteiger partial charge in [0, 0.05) is 0 Å². The first-order valence-electron chi connectivity index (χ1n) is 6.86. The van der Waals surface area contributed by atoms with Gasteiger partial charge in [0.25, 0.3) is 5.91 Å². The molecule has 0 saturated carbocycles. The summed E-state index contributed by atoms with van der Waals surface area (Å²) in [4.78, 5) is 33.8. The lowest BCUT2D eigenvalue weighted by Gasteiger charge is -2.10. The number of rotatable bonds is 6. The van der Waals surface area contributed by atoms with Crippen molar-refractivity contribution >= 4 is 27.9 Å². The van der Waals surface area contributed by atoms with Crippen LogP contribution in [0.4, 0.5) is 18.0 Å². The standard InChI is InChI=1S/C13H14F3N3O7S/c1-25-8-3-2-7(4-9(8)27(17,23)24)11(21)26-5-10(20)19-12(22)18-6-13(14,15)16/h2-4H,5-6H2,1H3,(H2,17,23,24)(H2,18,19,20,22). The van der Waals surface area contributed by atoms with Crippen LogP contribution in [0.25, 0.3) is 0 Å². The molecule has 4 N–H and O–H groups in total. The summed E-state index contributed by atoms with van der Waals surface area (Å²) >= 11 is 0. The number of hydrogen-bond acceptors (Lipinski definition) is 7. The molecule has 0 saturated heterocycles. The van der Waals surface area contributed by atoms with Crippen LogP contribution in [0.2, 0.25) is 0 Å². The van der Waals surface area contributed by atoms with E-state index in [1.165, 1.54) is 17.7 Å². The molecule has 1 aromatic carbocycles. The third kappa shape index (κ3) is 7.49. The number of hydrogen-bond donors (Lipinski definition) is 3. The Hall–Kier alpha value is -2.87. The SMILES string of the molecule is COc1ccc(C(=O)OCC(=O)NC(=O)NCC(F)(F)F)cc1S(N)(=O)=O. The maximum atomic E-state index is 11.9. The van der Waals surface area contributed by atoms with Gasteiger partial charge in [0.2, 0.25) is 10.0 Å². The Morgan fingerprint density at radius 2 is 1.85 bits per heavy atom. The molecule has 0 atom stereocenters. The number of sulfonamides is 1. The normalized spacial score (nSPS) is 11.4. The maximum absolute atomic E-state index is 11.9. The minimum atomic E-state index is -4.66. The number of alkyl halides is 3. The summed E-state index contributed by atoms with van der Waals surface area (Å²) in [6.07, 6.45) is -4.66. The molecular weight excluding hydrogens is 399 g/mol. The predicted molar refractivity (Wildman–Crippen MR) is 82.2 cm³/mol. The Morgan fingerprint density at radius 3 is 2.37 bits per heavy atom. The fourth-order valence-corrected chi connectivity index (χ4v) is 2.35. The van der Waals surface area contributed by atoms with Crippen LogP contribution in [-0.2, 0) is 19.6 Å². The summed E-state index contributed by atoms with van der Waals surface area (Å²) < 4.78 is 68.0. The van der Waals surface area contributed by atoms with Gasteiger partial charge in [-0.3, -0.25) is 10.1 Å². The van der Waals surface area contributed by atoms with Crippen LogP contribution >= 0.6 is 0 Å². The number of nitrogens with one attached hydrogen (secondary N) is 2. The molecule has 0 spiro atoms. The van der Waals surface area contributed by atoms with E-state index in [9.17, 15) is 36.0 Å². The van der Waals surface area contributed by atoms with E-state index in [1.807, 2.05) is 0 Å². The highest BCUT2D eigenvalue weighted by Gasteiger charge is 2.28. The Labute approximate surface area is 150 Å². The molecule has 0 aliphatic carbocycles. The van der Waals surface area contributed by atoms with E-state index < -0.39 is 52.2 Å². The molecule has 0 bridgehead atoms. The van der Waals surface area contributed by atoms with Gasteiger partial charge in [-0.05, 0) is 18.2 Å². The van der Waals surface area contributed by atoms with Gasteiger partial charge in [-0.25, -0.2) is 23.1 Å². The van der Waals surface area contributed by atoms with E-state index >= 15 is 0 Å². The number of methoxy groups -OCH3 is 1. The lowest BCUT2D eigenvalue weighted by atomic mass is 10.2. The molecule has 14 heteroatoms. The Balaban J connectivity index is 2.67. The van der Waals surface area contributed by atoms with E-state index in [4.69, 9.17) is 9.88 Å². The van der Waals surface area contributed by atoms with Crippen LogP contribution in [0.1, 0.15) is 10.4 Å². The molecule has 0 heterocycles. The summed E-state index contributed by atoms with van der Waals surface area (Å²) in [6, 6.07) is 1.67. The average molecular weight is 413 g/mol. The summed E-state index contributed by atoms with van der Waals surface area (Å²) in [7, 11) is -3.05. The molecule has 0 unspecified atom stereocenters. The molecule has 0 radical (unpaired) electrons. The first kappa shape index (κ1) is 22.2. The zero-order valence-electron chi connectivity index (χ0n) is 13.6. The number of benzene rings is 1. The number of amides is 3. The molecule has 0 fully saturated rings. The van der Waals surface area contributed by atoms with E-state index in [0.717, 1.165) is 18.2 Å². The summed E-state index contributed by atoms with van der Waals surface area (Å²) in [5.74, 6) is -2.48. The predicted octanol–water partition coefficient (Wildman–Crippen LogP) is -0.112. The number of halogens is 3. The summed E-state index contributed by atoms with van der Waals surface area (Å²) in [5.41, 5.74) is -0.297. The number of esters is 1. The van der Waals surface area contributed by atoms with Crippen LogP contribution in [-0.4, -0.2) is 52.8 Å². The molecule has 0 aliphatic heterocycles. The lowest BCUT2D eigenvalue weighted by Crippen LogP contribution is -2.44. The second-order valence-electron chi connectivity index (χ2n) is 4.83. The van der Waals surface area contributed by atoms with E-state index in [2.05, 4.69) is 4.74 Å². The van der Waals surface area contributed by atoms with Crippen molar-refractivity contribution in [2.45, 2.75) is 11.1 Å². The van der Waals surface area contributed by atoms with Crippen LogP contribution in [0.15, 0.2) is 23.1 Å². The highest BCUT2D eigenvalue weighted by molar-refractivity contribution is 7.89. The zero-order valence-corrected chi connectivity index (χ0v) is 14.4. The first-order chi connectivity index (χ1) is 12.3. The van der Waals surface area contributed by atoms with E-state index in [0.29, 0.717) is 0 Å². The van der Waals surface area contributed by atoms with Crippen LogP contribution in [0.5, 0.6) is 5.75 Å². The van der Waals surface area contributed by atoms with Crippen molar-refractivity contribution in [2.24, 2.45) is 5.14 Å². The van der Waals surface area contributed by atoms with Crippen molar-refractivity contribution in [3.05, 3.63) is 23.8 Å². The number of urea groups is 1. The van der Waals surface area contributed by atoms with Crippen molar-refractivity contribution in [1.29, 1.82) is 0 Å². The third-order valence-corrected chi connectivity index (χ3v) is 3.67. The fourth-order valence-electron chi connectivity index (χ4n) is 1.63. The Kier molecular flexibility index (Phi) is 7.13. The van der Waals surface area contributed by atoms with Crippen molar-refractivity contribution in [2.75, 3.05) is 20.3 Å². The average Bonchev–Trinajstić information content (AvgIpc) is 2.56. The van der Waals surface area contributed by atoms with Crippen LogP contribution < -0.4 is 20.5 Å². The molecule has 0 aliphatic rings. The number of nitrogens with two attached hydrogens (primary N) is 1. The molecular formula is C13H14F3N3O7S. The van der Waals surface area contributed by atoms with Crippen molar-refractivity contribution in [1.82, 2.24) is 10.6 Å². The molecule has 1 rings (SSSR count). The molecule has 1 aromatic rings. The van der Waals surface area contributed by atoms with Gasteiger partial charge >= 0.3 is 18.2 Å². The number of primary sulfonamides is 1. The van der Waals surface area contributed by atoms with Gasteiger partial charge in [-0.2, -0.15) is 13.2 Å². The second-order valence-corrected chi connectivity index (χ2v) is 6.36.